The van der Waals surface area contributed by atoms with E-state index in [2.05, 4.69) is 10.0 Å². The van der Waals surface area contributed by atoms with Gasteiger partial charge in [0.25, 0.3) is 10.0 Å². The molecule has 0 aliphatic heterocycles. The quantitative estimate of drug-likeness (QED) is 0.552. The molecule has 3 aromatic carbocycles. The minimum atomic E-state index is -3.90. The van der Waals surface area contributed by atoms with Crippen molar-refractivity contribution >= 4 is 27.3 Å². The molecule has 3 rings (SSSR count). The number of carbonyl (C=O) groups excluding carboxylic acids is 1. The van der Waals surface area contributed by atoms with Gasteiger partial charge in [0.05, 0.1) is 31.2 Å². The van der Waals surface area contributed by atoms with Crippen LogP contribution in [0.3, 0.4) is 0 Å². The van der Waals surface area contributed by atoms with Gasteiger partial charge in [0.2, 0.25) is 5.91 Å². The second-order valence-electron chi connectivity index (χ2n) is 6.86. The zero-order valence-electron chi connectivity index (χ0n) is 17.5. The van der Waals surface area contributed by atoms with E-state index in [1.54, 1.807) is 74.7 Å². The van der Waals surface area contributed by atoms with Crippen molar-refractivity contribution in [2.45, 2.75) is 18.2 Å². The lowest BCUT2D eigenvalue weighted by Gasteiger charge is -2.14. The first-order chi connectivity index (χ1) is 14.8. The summed E-state index contributed by atoms with van der Waals surface area (Å²) < 4.78 is 38.9. The fraction of sp³-hybridized carbons (Fsp3) is 0.174. The van der Waals surface area contributed by atoms with Crippen LogP contribution < -0.4 is 19.5 Å². The van der Waals surface area contributed by atoms with Gasteiger partial charge in [-0.15, -0.1) is 0 Å². The number of para-hydroxylation sites is 2. The Kier molecular flexibility index (Phi) is 6.81. The van der Waals surface area contributed by atoms with E-state index in [4.69, 9.17) is 9.47 Å². The molecule has 1 amide bonds. The Labute approximate surface area is 182 Å². The van der Waals surface area contributed by atoms with Crippen molar-refractivity contribution in [3.63, 3.8) is 0 Å². The third-order valence-electron chi connectivity index (χ3n) is 4.64. The van der Waals surface area contributed by atoms with Crippen molar-refractivity contribution in [2.24, 2.45) is 0 Å². The minimum Gasteiger partial charge on any atom is -0.497 e. The van der Waals surface area contributed by atoms with E-state index in [0.717, 1.165) is 5.56 Å². The summed E-state index contributed by atoms with van der Waals surface area (Å²) in [6.07, 6.45) is 0.152. The maximum absolute atomic E-state index is 13.0. The van der Waals surface area contributed by atoms with Crippen LogP contribution in [-0.2, 0) is 21.2 Å². The van der Waals surface area contributed by atoms with Gasteiger partial charge in [-0.05, 0) is 54.4 Å². The highest BCUT2D eigenvalue weighted by atomic mass is 32.2. The van der Waals surface area contributed by atoms with Crippen LogP contribution in [0.2, 0.25) is 0 Å². The molecule has 162 valence electrons. The molecule has 0 aliphatic carbocycles. The molecule has 2 N–H and O–H groups in total. The summed E-state index contributed by atoms with van der Waals surface area (Å²) in [4.78, 5) is 12.5. The molecule has 8 heteroatoms. The fourth-order valence-electron chi connectivity index (χ4n) is 3.03. The summed E-state index contributed by atoms with van der Waals surface area (Å²) in [6, 6.07) is 18.7. The van der Waals surface area contributed by atoms with Gasteiger partial charge in [-0.1, -0.05) is 30.3 Å². The molecular weight excluding hydrogens is 416 g/mol. The number of hydrogen-bond acceptors (Lipinski definition) is 5. The van der Waals surface area contributed by atoms with E-state index in [1.807, 2.05) is 0 Å². The Morgan fingerprint density at radius 1 is 0.935 bits per heavy atom. The molecule has 0 unspecified atom stereocenters. The molecule has 3 aromatic rings. The Balaban J connectivity index is 1.78. The number of nitrogens with one attached hydrogen (secondary N) is 2. The van der Waals surface area contributed by atoms with Crippen LogP contribution >= 0.6 is 0 Å². The van der Waals surface area contributed by atoms with Crippen LogP contribution in [0.25, 0.3) is 0 Å². The summed E-state index contributed by atoms with van der Waals surface area (Å²) in [5.41, 5.74) is 2.09. The number of anilines is 2. The predicted molar refractivity (Wildman–Crippen MR) is 120 cm³/mol. The Morgan fingerprint density at radius 2 is 1.65 bits per heavy atom. The van der Waals surface area contributed by atoms with Crippen molar-refractivity contribution in [1.29, 1.82) is 0 Å². The molecule has 0 saturated heterocycles. The average Bonchev–Trinajstić information content (AvgIpc) is 2.75. The molecule has 7 nitrogen and oxygen atoms in total. The summed E-state index contributed by atoms with van der Waals surface area (Å²) in [6.45, 7) is 1.69. The van der Waals surface area contributed by atoms with Gasteiger partial charge in [-0.3, -0.25) is 9.52 Å². The maximum Gasteiger partial charge on any atom is 0.262 e. The average molecular weight is 441 g/mol. The number of sulfonamides is 1. The fourth-order valence-corrected chi connectivity index (χ4v) is 4.37. The molecule has 0 bridgehead atoms. The third kappa shape index (κ3) is 5.55. The van der Waals surface area contributed by atoms with Gasteiger partial charge in [-0.25, -0.2) is 8.42 Å². The van der Waals surface area contributed by atoms with Gasteiger partial charge >= 0.3 is 0 Å². The zero-order chi connectivity index (χ0) is 22.4. The largest absolute Gasteiger partial charge is 0.497 e. The standard InChI is InChI=1S/C23H24N2O5S/c1-16-8-11-18(24-23(26)14-17-9-12-19(29-2)13-10-17)15-22(16)31(27,28)25-20-6-4-5-7-21(20)30-3/h4-13,15,25H,14H2,1-3H3,(H,24,26). The highest BCUT2D eigenvalue weighted by Gasteiger charge is 2.20. The topological polar surface area (TPSA) is 93.7 Å². The molecule has 0 heterocycles. The molecule has 0 spiro atoms. The molecular formula is C23H24N2O5S. The van der Waals surface area contributed by atoms with E-state index in [0.29, 0.717) is 28.4 Å². The van der Waals surface area contributed by atoms with Gasteiger partial charge in [0.1, 0.15) is 11.5 Å². The van der Waals surface area contributed by atoms with Crippen LogP contribution in [0.5, 0.6) is 11.5 Å². The lowest BCUT2D eigenvalue weighted by molar-refractivity contribution is -0.115. The molecule has 31 heavy (non-hydrogen) atoms. The first kappa shape index (κ1) is 22.2. The monoisotopic (exact) mass is 440 g/mol. The first-order valence-corrected chi connectivity index (χ1v) is 11.0. The molecule has 0 aromatic heterocycles. The molecule has 0 aliphatic rings. The highest BCUT2D eigenvalue weighted by molar-refractivity contribution is 7.92. The number of amides is 1. The number of rotatable bonds is 8. The van der Waals surface area contributed by atoms with Crippen LogP contribution in [0.1, 0.15) is 11.1 Å². The van der Waals surface area contributed by atoms with Crippen molar-refractivity contribution in [1.82, 2.24) is 0 Å². The van der Waals surface area contributed by atoms with E-state index in [1.165, 1.54) is 13.2 Å². The number of hydrogen-bond donors (Lipinski definition) is 2. The lowest BCUT2D eigenvalue weighted by atomic mass is 10.1. The Morgan fingerprint density at radius 3 is 2.32 bits per heavy atom. The second-order valence-corrected chi connectivity index (χ2v) is 8.51. The third-order valence-corrected chi connectivity index (χ3v) is 6.14. The van der Waals surface area contributed by atoms with E-state index >= 15 is 0 Å². The van der Waals surface area contributed by atoms with Crippen LogP contribution in [0, 0.1) is 6.92 Å². The first-order valence-electron chi connectivity index (χ1n) is 9.51. The number of benzene rings is 3. The SMILES string of the molecule is COc1ccc(CC(=O)Nc2ccc(C)c(S(=O)(=O)Nc3ccccc3OC)c2)cc1. The van der Waals surface area contributed by atoms with Gasteiger partial charge < -0.3 is 14.8 Å². The number of methoxy groups -OCH3 is 2. The zero-order valence-corrected chi connectivity index (χ0v) is 18.3. The van der Waals surface area contributed by atoms with Crippen molar-refractivity contribution in [3.8, 4) is 11.5 Å². The summed E-state index contributed by atoms with van der Waals surface area (Å²) in [5.74, 6) is 0.864. The lowest BCUT2D eigenvalue weighted by Crippen LogP contribution is -2.17. The number of ether oxygens (including phenoxy) is 2. The molecule has 0 atom stereocenters. The summed E-state index contributed by atoms with van der Waals surface area (Å²) in [7, 11) is -0.850. The van der Waals surface area contributed by atoms with Gasteiger partial charge in [0.15, 0.2) is 0 Å². The smallest absolute Gasteiger partial charge is 0.262 e. The van der Waals surface area contributed by atoms with E-state index in [-0.39, 0.29) is 17.2 Å². The Hall–Kier alpha value is -3.52. The highest BCUT2D eigenvalue weighted by Crippen LogP contribution is 2.28. The number of aryl methyl sites for hydroxylation is 1. The molecule has 0 saturated carbocycles. The van der Waals surface area contributed by atoms with Crippen molar-refractivity contribution in [3.05, 3.63) is 77.9 Å². The van der Waals surface area contributed by atoms with Gasteiger partial charge in [0, 0.05) is 5.69 Å². The van der Waals surface area contributed by atoms with E-state index in [9.17, 15) is 13.2 Å². The molecule has 0 fully saturated rings. The number of carbonyl (C=O) groups is 1. The maximum atomic E-state index is 13.0. The summed E-state index contributed by atoms with van der Waals surface area (Å²) in [5, 5.41) is 2.76. The van der Waals surface area contributed by atoms with E-state index < -0.39 is 10.0 Å². The molecule has 0 radical (unpaired) electrons. The summed E-state index contributed by atoms with van der Waals surface area (Å²) >= 11 is 0. The van der Waals surface area contributed by atoms with Gasteiger partial charge in [-0.2, -0.15) is 0 Å². The normalized spacial score (nSPS) is 10.9. The predicted octanol–water partition coefficient (Wildman–Crippen LogP) is 3.99. The van der Waals surface area contributed by atoms with Crippen molar-refractivity contribution < 1.29 is 22.7 Å². The minimum absolute atomic E-state index is 0.0700. The Bertz CT molecular complexity index is 1170. The van der Waals surface area contributed by atoms with Crippen LogP contribution in [-0.4, -0.2) is 28.5 Å². The van der Waals surface area contributed by atoms with Crippen molar-refractivity contribution in [2.75, 3.05) is 24.3 Å². The second kappa shape index (κ2) is 9.53. The van der Waals surface area contributed by atoms with Crippen LogP contribution in [0.15, 0.2) is 71.6 Å². The van der Waals surface area contributed by atoms with Crippen LogP contribution in [0.4, 0.5) is 11.4 Å².